The van der Waals surface area contributed by atoms with Gasteiger partial charge in [-0.1, -0.05) is 24.6 Å². The van der Waals surface area contributed by atoms with E-state index >= 15 is 0 Å². The van der Waals surface area contributed by atoms with Crippen molar-refractivity contribution in [3.05, 3.63) is 30.3 Å². The monoisotopic (exact) mass is 362 g/mol. The highest BCUT2D eigenvalue weighted by Gasteiger charge is 2.63. The van der Waals surface area contributed by atoms with Gasteiger partial charge in [0, 0.05) is 24.4 Å². The van der Waals surface area contributed by atoms with Crippen molar-refractivity contribution in [2.45, 2.75) is 60.8 Å². The lowest BCUT2D eigenvalue weighted by Gasteiger charge is -2.57. The first kappa shape index (κ1) is 16.9. The summed E-state index contributed by atoms with van der Waals surface area (Å²) in [7, 11) is -0.946. The number of amides is 1. The van der Waals surface area contributed by atoms with Crippen LogP contribution in [0, 0.1) is 5.92 Å². The van der Waals surface area contributed by atoms with Gasteiger partial charge in [-0.3, -0.25) is 0 Å². The smallest absolute Gasteiger partial charge is 0.410 e. The van der Waals surface area contributed by atoms with E-state index in [1.165, 1.54) is 0 Å². The van der Waals surface area contributed by atoms with Gasteiger partial charge in [-0.15, -0.1) is 0 Å². The maximum Gasteiger partial charge on any atom is 0.410 e. The highest BCUT2D eigenvalue weighted by molar-refractivity contribution is 7.94. The van der Waals surface area contributed by atoms with Crippen LogP contribution in [0.1, 0.15) is 39.0 Å². The second-order valence-corrected chi connectivity index (χ2v) is 9.97. The Morgan fingerprint density at radius 3 is 2.72 bits per heavy atom. The molecule has 1 amide bonds. The molecule has 2 saturated heterocycles. The summed E-state index contributed by atoms with van der Waals surface area (Å²) in [6, 6.07) is 9.60. The van der Waals surface area contributed by atoms with E-state index in [1.807, 2.05) is 42.2 Å². The maximum atomic E-state index is 14.2. The van der Waals surface area contributed by atoms with Gasteiger partial charge in [0.25, 0.3) is 0 Å². The van der Waals surface area contributed by atoms with Gasteiger partial charge < -0.3 is 9.64 Å². The average molecular weight is 362 g/mol. The topological polar surface area (TPSA) is 59.0 Å². The molecule has 3 aliphatic rings. The Morgan fingerprint density at radius 1 is 1.24 bits per heavy atom. The van der Waals surface area contributed by atoms with Crippen molar-refractivity contribution < 1.29 is 13.7 Å². The molecular formula is C19H26N2O3S. The lowest BCUT2D eigenvalue weighted by Crippen LogP contribution is -2.70. The molecule has 0 N–H and O–H groups in total. The molecule has 1 saturated carbocycles. The Balaban J connectivity index is 1.89. The second kappa shape index (κ2) is 6.01. The van der Waals surface area contributed by atoms with Crippen LogP contribution in [0.2, 0.25) is 0 Å². The van der Waals surface area contributed by atoms with Gasteiger partial charge in [0.05, 0.1) is 20.5 Å². The third-order valence-corrected chi connectivity index (χ3v) is 9.36. The lowest BCUT2D eigenvalue weighted by atomic mass is 9.74. The number of hydrogen-bond donors (Lipinski definition) is 0. The first-order chi connectivity index (χ1) is 12.0. The van der Waals surface area contributed by atoms with Crippen molar-refractivity contribution in [3.8, 4) is 0 Å². The summed E-state index contributed by atoms with van der Waals surface area (Å²) in [5.74, 6) is 0.238. The second-order valence-electron chi connectivity index (χ2n) is 7.43. The molecule has 5 atom stereocenters. The molecule has 5 nitrogen and oxygen atoms in total. The summed E-state index contributed by atoms with van der Waals surface area (Å²) >= 11 is 0. The minimum Gasteiger partial charge on any atom is -0.446 e. The predicted octanol–water partition coefficient (Wildman–Crippen LogP) is 3.69. The van der Waals surface area contributed by atoms with E-state index < -0.39 is 9.73 Å². The summed E-state index contributed by atoms with van der Waals surface area (Å²) in [6.45, 7) is 2.69. The Hall–Kier alpha value is -1.56. The molecule has 0 bridgehead atoms. The summed E-state index contributed by atoms with van der Waals surface area (Å²) in [5, 5.41) is -0.135. The van der Waals surface area contributed by atoms with Crippen molar-refractivity contribution in [1.82, 2.24) is 4.90 Å². The van der Waals surface area contributed by atoms with E-state index in [2.05, 4.69) is 4.36 Å². The number of rotatable bonds is 2. The Morgan fingerprint density at radius 2 is 2.00 bits per heavy atom. The third kappa shape index (κ3) is 2.26. The Kier molecular flexibility index (Phi) is 4.06. The van der Waals surface area contributed by atoms with Crippen molar-refractivity contribution in [1.29, 1.82) is 0 Å². The molecule has 1 spiro atoms. The van der Waals surface area contributed by atoms with E-state index in [4.69, 9.17) is 4.74 Å². The molecule has 2 aliphatic heterocycles. The molecule has 3 fully saturated rings. The highest BCUT2D eigenvalue weighted by Crippen LogP contribution is 2.54. The third-order valence-electron chi connectivity index (χ3n) is 6.45. The summed E-state index contributed by atoms with van der Waals surface area (Å²) in [6.07, 6.45) is 4.31. The summed E-state index contributed by atoms with van der Waals surface area (Å²) < 4.78 is 24.3. The number of ether oxygens (including phenoxy) is 1. The number of carbonyl (C=O) groups is 1. The van der Waals surface area contributed by atoms with Crippen LogP contribution in [0.5, 0.6) is 0 Å². The lowest BCUT2D eigenvalue weighted by molar-refractivity contribution is -0.0837. The van der Waals surface area contributed by atoms with Crippen LogP contribution in [0.15, 0.2) is 39.6 Å². The number of carbonyl (C=O) groups excluding carboxylic acids is 1. The molecule has 136 valence electrons. The van der Waals surface area contributed by atoms with Gasteiger partial charge in [0.2, 0.25) is 0 Å². The largest absolute Gasteiger partial charge is 0.446 e. The zero-order valence-corrected chi connectivity index (χ0v) is 15.7. The van der Waals surface area contributed by atoms with Crippen LogP contribution in [0.25, 0.3) is 0 Å². The fraction of sp³-hybridized carbons (Fsp3) is 0.632. The van der Waals surface area contributed by atoms with E-state index in [1.54, 1.807) is 7.05 Å². The molecule has 1 aliphatic carbocycles. The van der Waals surface area contributed by atoms with Crippen LogP contribution >= 0.6 is 0 Å². The molecule has 4 rings (SSSR count). The van der Waals surface area contributed by atoms with Crippen LogP contribution in [0.3, 0.4) is 0 Å². The number of piperidine rings is 1. The standard InChI is InChI=1S/C19H26N2O3S/c1-14-16-10-6-12-19(16)17(11-7-13-21(19)18(22)24-14)25(23,20-2)15-8-4-3-5-9-15/h3-5,8-9,14,16-17H,6-7,10-13H2,1-2H3/t14-,16-,17+,19-,25?/m1/s1. The average Bonchev–Trinajstić information content (AvgIpc) is 3.07. The maximum absolute atomic E-state index is 14.2. The summed E-state index contributed by atoms with van der Waals surface area (Å²) in [5.41, 5.74) is -0.376. The minimum atomic E-state index is -2.61. The van der Waals surface area contributed by atoms with Crippen LogP contribution in [0.4, 0.5) is 4.79 Å². The number of hydrogen-bond acceptors (Lipinski definition) is 4. The number of benzene rings is 1. The molecule has 6 heteroatoms. The fourth-order valence-corrected chi connectivity index (χ4v) is 8.30. The van der Waals surface area contributed by atoms with Crippen molar-refractivity contribution in [2.75, 3.05) is 13.6 Å². The molecule has 2 heterocycles. The number of cyclic esters (lactones) is 1. The van der Waals surface area contributed by atoms with Crippen molar-refractivity contribution in [3.63, 3.8) is 0 Å². The van der Waals surface area contributed by atoms with Gasteiger partial charge in [-0.25, -0.2) is 13.4 Å². The zero-order valence-electron chi connectivity index (χ0n) is 14.9. The molecule has 1 unspecified atom stereocenters. The van der Waals surface area contributed by atoms with E-state index in [0.717, 1.165) is 37.0 Å². The quantitative estimate of drug-likeness (QED) is 0.806. The van der Waals surface area contributed by atoms with E-state index in [0.29, 0.717) is 6.54 Å². The van der Waals surface area contributed by atoms with Crippen LogP contribution < -0.4 is 0 Å². The predicted molar refractivity (Wildman–Crippen MR) is 96.9 cm³/mol. The van der Waals surface area contributed by atoms with Crippen LogP contribution in [-0.4, -0.2) is 45.7 Å². The normalized spacial score (nSPS) is 36.8. The minimum absolute atomic E-state index is 0.122. The molecule has 1 aromatic carbocycles. The van der Waals surface area contributed by atoms with Gasteiger partial charge in [-0.2, -0.15) is 0 Å². The molecule has 25 heavy (non-hydrogen) atoms. The Bertz CT molecular complexity index is 787. The summed E-state index contributed by atoms with van der Waals surface area (Å²) in [4.78, 5) is 15.4. The van der Waals surface area contributed by atoms with Gasteiger partial charge in [0.15, 0.2) is 0 Å². The Labute approximate surface area is 149 Å². The zero-order chi connectivity index (χ0) is 17.7. The van der Waals surface area contributed by atoms with Crippen molar-refractivity contribution in [2.24, 2.45) is 10.3 Å². The molecule has 0 aromatic heterocycles. The van der Waals surface area contributed by atoms with Gasteiger partial charge >= 0.3 is 6.09 Å². The highest BCUT2D eigenvalue weighted by atomic mass is 32.2. The van der Waals surface area contributed by atoms with E-state index in [-0.39, 0.29) is 28.9 Å². The fourth-order valence-electron chi connectivity index (χ4n) is 5.50. The SMILES string of the molecule is CN=S(=O)(c1ccccc1)[C@H]1CCCN2C(=O)O[C@H](C)[C@H]3CCC[C@@]312. The van der Waals surface area contributed by atoms with Gasteiger partial charge in [0.1, 0.15) is 6.10 Å². The van der Waals surface area contributed by atoms with E-state index in [9.17, 15) is 9.00 Å². The first-order valence-corrected chi connectivity index (χ1v) is 10.8. The molecule has 0 radical (unpaired) electrons. The van der Waals surface area contributed by atoms with Gasteiger partial charge in [-0.05, 0) is 44.7 Å². The van der Waals surface area contributed by atoms with Crippen LogP contribution in [-0.2, 0) is 14.5 Å². The molecule has 1 aromatic rings. The van der Waals surface area contributed by atoms with Crippen molar-refractivity contribution >= 4 is 15.8 Å². The number of nitrogens with zero attached hydrogens (tertiary/aromatic N) is 2. The molecular weight excluding hydrogens is 336 g/mol. The first-order valence-electron chi connectivity index (χ1n) is 9.21.